The monoisotopic (exact) mass is 388 g/mol. The number of benzene rings is 3. The zero-order valence-electron chi connectivity index (χ0n) is 13.5. The molecule has 26 heavy (non-hydrogen) atoms. The van der Waals surface area contributed by atoms with Crippen molar-refractivity contribution in [1.29, 1.82) is 0 Å². The zero-order chi connectivity index (χ0) is 18.7. The summed E-state index contributed by atoms with van der Waals surface area (Å²) in [5.41, 5.74) is 0.954. The molecule has 0 radical (unpaired) electrons. The molecule has 0 saturated heterocycles. The van der Waals surface area contributed by atoms with Gasteiger partial charge in [-0.25, -0.2) is 12.8 Å². The van der Waals surface area contributed by atoms with Crippen molar-refractivity contribution in [1.82, 2.24) is 0 Å². The summed E-state index contributed by atoms with van der Waals surface area (Å²) in [5.74, 6) is -1.39. The van der Waals surface area contributed by atoms with Gasteiger partial charge in [0.2, 0.25) is 0 Å². The Morgan fingerprint density at radius 2 is 1.65 bits per heavy atom. The standard InChI is InChI=1S/C20H14ClFO3S/c21-16-10-9-15(13-26(24,25)18-8-4-7-17(22)12-18)19(11-16)20(23)14-5-2-1-3-6-14/h1-12H,13H2. The van der Waals surface area contributed by atoms with E-state index < -0.39 is 21.4 Å². The van der Waals surface area contributed by atoms with Crippen molar-refractivity contribution in [3.63, 3.8) is 0 Å². The average molecular weight is 389 g/mol. The van der Waals surface area contributed by atoms with E-state index in [-0.39, 0.29) is 16.2 Å². The van der Waals surface area contributed by atoms with Crippen molar-refractivity contribution in [2.24, 2.45) is 0 Å². The Morgan fingerprint density at radius 1 is 0.923 bits per heavy atom. The van der Waals surface area contributed by atoms with E-state index in [0.717, 1.165) is 6.07 Å². The van der Waals surface area contributed by atoms with Gasteiger partial charge >= 0.3 is 0 Å². The summed E-state index contributed by atoms with van der Waals surface area (Å²) in [4.78, 5) is 12.6. The largest absolute Gasteiger partial charge is 0.289 e. The van der Waals surface area contributed by atoms with Crippen LogP contribution in [0.3, 0.4) is 0 Å². The van der Waals surface area contributed by atoms with Gasteiger partial charge in [-0.1, -0.05) is 54.1 Å². The van der Waals surface area contributed by atoms with Crippen molar-refractivity contribution < 1.29 is 17.6 Å². The number of carbonyl (C=O) groups excluding carboxylic acids is 1. The molecule has 0 heterocycles. The molecule has 0 aliphatic heterocycles. The first-order valence-electron chi connectivity index (χ1n) is 7.73. The van der Waals surface area contributed by atoms with Crippen molar-refractivity contribution in [2.45, 2.75) is 10.6 Å². The summed E-state index contributed by atoms with van der Waals surface area (Å²) < 4.78 is 38.7. The number of ketones is 1. The zero-order valence-corrected chi connectivity index (χ0v) is 15.1. The summed E-state index contributed by atoms with van der Waals surface area (Å²) in [7, 11) is -3.82. The van der Waals surface area contributed by atoms with E-state index in [1.807, 2.05) is 0 Å². The van der Waals surface area contributed by atoms with E-state index in [1.165, 1.54) is 36.4 Å². The molecule has 0 unspecified atom stereocenters. The molecule has 0 N–H and O–H groups in total. The molecule has 0 fully saturated rings. The second-order valence-corrected chi connectivity index (χ2v) is 8.14. The van der Waals surface area contributed by atoms with Crippen LogP contribution in [-0.2, 0) is 15.6 Å². The van der Waals surface area contributed by atoms with Gasteiger partial charge in [0.1, 0.15) is 5.82 Å². The molecular formula is C20H14ClFO3S. The summed E-state index contributed by atoms with van der Waals surface area (Å²) >= 11 is 6.01. The highest BCUT2D eigenvalue weighted by atomic mass is 35.5. The van der Waals surface area contributed by atoms with Crippen LogP contribution in [0.4, 0.5) is 4.39 Å². The van der Waals surface area contributed by atoms with Crippen molar-refractivity contribution in [3.8, 4) is 0 Å². The molecule has 0 bridgehead atoms. The summed E-state index contributed by atoms with van der Waals surface area (Å²) in [6.45, 7) is 0. The molecule has 0 atom stereocenters. The van der Waals surface area contributed by atoms with Gasteiger partial charge < -0.3 is 0 Å². The van der Waals surface area contributed by atoms with E-state index in [2.05, 4.69) is 0 Å². The molecule has 6 heteroatoms. The number of sulfone groups is 1. The highest BCUT2D eigenvalue weighted by Gasteiger charge is 2.21. The summed E-state index contributed by atoms with van der Waals surface area (Å²) in [6.07, 6.45) is 0. The maximum Gasteiger partial charge on any atom is 0.193 e. The van der Waals surface area contributed by atoms with Gasteiger partial charge in [-0.3, -0.25) is 4.79 Å². The molecule has 0 amide bonds. The number of rotatable bonds is 5. The Bertz CT molecular complexity index is 1060. The molecule has 132 valence electrons. The third-order valence-electron chi connectivity index (χ3n) is 3.85. The molecule has 0 spiro atoms. The normalized spacial score (nSPS) is 11.3. The van der Waals surface area contributed by atoms with Gasteiger partial charge in [0.15, 0.2) is 15.6 Å². The van der Waals surface area contributed by atoms with Crippen LogP contribution in [0, 0.1) is 5.82 Å². The van der Waals surface area contributed by atoms with Crippen molar-refractivity contribution in [3.05, 3.63) is 100 Å². The van der Waals surface area contributed by atoms with Crippen LogP contribution >= 0.6 is 11.6 Å². The Labute approximate surface area is 156 Å². The van der Waals surface area contributed by atoms with Crippen LogP contribution in [0.25, 0.3) is 0 Å². The van der Waals surface area contributed by atoms with Crippen molar-refractivity contribution in [2.75, 3.05) is 0 Å². The predicted octanol–water partition coefficient (Wildman–Crippen LogP) is 4.68. The fraction of sp³-hybridized carbons (Fsp3) is 0.0500. The van der Waals surface area contributed by atoms with Gasteiger partial charge in [0.25, 0.3) is 0 Å². The lowest BCUT2D eigenvalue weighted by molar-refractivity contribution is 0.103. The van der Waals surface area contributed by atoms with E-state index in [4.69, 9.17) is 11.6 Å². The first kappa shape index (κ1) is 18.3. The molecule has 3 aromatic carbocycles. The van der Waals surface area contributed by atoms with Crippen LogP contribution in [0.2, 0.25) is 5.02 Å². The van der Waals surface area contributed by atoms with Crippen LogP contribution in [0.1, 0.15) is 21.5 Å². The van der Waals surface area contributed by atoms with E-state index in [9.17, 15) is 17.6 Å². The first-order chi connectivity index (χ1) is 12.4. The van der Waals surface area contributed by atoms with Gasteiger partial charge in [0.05, 0.1) is 10.6 Å². The van der Waals surface area contributed by atoms with Gasteiger partial charge in [-0.2, -0.15) is 0 Å². The number of carbonyl (C=O) groups is 1. The summed E-state index contributed by atoms with van der Waals surface area (Å²) in [6, 6.07) is 17.8. The Balaban J connectivity index is 2.02. The van der Waals surface area contributed by atoms with Crippen LogP contribution < -0.4 is 0 Å². The SMILES string of the molecule is O=C(c1ccccc1)c1cc(Cl)ccc1CS(=O)(=O)c1cccc(F)c1. The van der Waals surface area contributed by atoms with Gasteiger partial charge in [-0.15, -0.1) is 0 Å². The molecule has 0 aliphatic rings. The maximum atomic E-state index is 13.4. The lowest BCUT2D eigenvalue weighted by atomic mass is 9.99. The molecule has 3 rings (SSSR count). The smallest absolute Gasteiger partial charge is 0.193 e. The third kappa shape index (κ3) is 4.00. The predicted molar refractivity (Wildman–Crippen MR) is 98.6 cm³/mol. The van der Waals surface area contributed by atoms with Gasteiger partial charge in [-0.05, 0) is 35.9 Å². The highest BCUT2D eigenvalue weighted by Crippen LogP contribution is 2.24. The van der Waals surface area contributed by atoms with Crippen molar-refractivity contribution >= 4 is 27.2 Å². The quantitative estimate of drug-likeness (QED) is 0.596. The first-order valence-corrected chi connectivity index (χ1v) is 9.76. The molecule has 3 nitrogen and oxygen atoms in total. The molecule has 0 aromatic heterocycles. The molecular weight excluding hydrogens is 375 g/mol. The fourth-order valence-corrected chi connectivity index (χ4v) is 4.16. The minimum Gasteiger partial charge on any atom is -0.289 e. The molecule has 3 aromatic rings. The summed E-state index contributed by atoms with van der Waals surface area (Å²) in [5, 5.41) is 0.330. The van der Waals surface area contributed by atoms with E-state index in [0.29, 0.717) is 16.1 Å². The Morgan fingerprint density at radius 3 is 2.35 bits per heavy atom. The maximum absolute atomic E-state index is 13.4. The van der Waals surface area contributed by atoms with E-state index in [1.54, 1.807) is 30.3 Å². The highest BCUT2D eigenvalue weighted by molar-refractivity contribution is 7.90. The average Bonchev–Trinajstić information content (AvgIpc) is 2.63. The Kier molecular flexibility index (Phi) is 5.20. The second kappa shape index (κ2) is 7.40. The minimum atomic E-state index is -3.82. The molecule has 0 aliphatic carbocycles. The lowest BCUT2D eigenvalue weighted by Gasteiger charge is -2.11. The van der Waals surface area contributed by atoms with Crippen LogP contribution in [0.15, 0.2) is 77.7 Å². The van der Waals surface area contributed by atoms with Crippen LogP contribution in [-0.4, -0.2) is 14.2 Å². The Hall–Kier alpha value is -2.50. The minimum absolute atomic E-state index is 0.134. The number of hydrogen-bond acceptors (Lipinski definition) is 3. The van der Waals surface area contributed by atoms with Crippen LogP contribution in [0.5, 0.6) is 0 Å². The van der Waals surface area contributed by atoms with E-state index >= 15 is 0 Å². The number of halogens is 2. The second-order valence-electron chi connectivity index (χ2n) is 5.71. The van der Waals surface area contributed by atoms with Gasteiger partial charge in [0, 0.05) is 16.1 Å². The molecule has 0 saturated carbocycles. The lowest BCUT2D eigenvalue weighted by Crippen LogP contribution is -2.11. The fourth-order valence-electron chi connectivity index (χ4n) is 2.58. The number of hydrogen-bond donors (Lipinski definition) is 0. The topological polar surface area (TPSA) is 51.2 Å². The third-order valence-corrected chi connectivity index (χ3v) is 5.75.